The summed E-state index contributed by atoms with van der Waals surface area (Å²) in [5.41, 5.74) is 11.8. The standard InChI is InChI=1S/C22H25N3O2S/c1-14(2)11-19(17-9-7-6-8-10-17)18-13-21-20(12-16(18)5)24-22(23)25(21)28(26,27)15(3)4/h6-13,15H,1H2,2-5H3,(H2,23,24)/b19-11-. The van der Waals surface area contributed by atoms with Crippen LogP contribution in [-0.2, 0) is 10.0 Å². The summed E-state index contributed by atoms with van der Waals surface area (Å²) in [6, 6.07) is 13.7. The van der Waals surface area contributed by atoms with Gasteiger partial charge in [0, 0.05) is 0 Å². The number of nitrogens with two attached hydrogens (primary N) is 1. The SMILES string of the molecule is C=C(C)/C=C(/c1ccccc1)c1cc2c(cc1C)nc(N)n2S(=O)(=O)C(C)C. The summed E-state index contributed by atoms with van der Waals surface area (Å²) in [4.78, 5) is 4.28. The predicted molar refractivity (Wildman–Crippen MR) is 117 cm³/mol. The zero-order chi connectivity index (χ0) is 20.6. The molecule has 0 aliphatic carbocycles. The van der Waals surface area contributed by atoms with E-state index in [-0.39, 0.29) is 5.95 Å². The molecule has 0 saturated heterocycles. The van der Waals surface area contributed by atoms with Crippen molar-refractivity contribution in [3.63, 3.8) is 0 Å². The first-order chi connectivity index (χ1) is 13.1. The van der Waals surface area contributed by atoms with Gasteiger partial charge in [-0.05, 0) is 62.1 Å². The lowest BCUT2D eigenvalue weighted by atomic mass is 9.92. The molecule has 2 N–H and O–H groups in total. The summed E-state index contributed by atoms with van der Waals surface area (Å²) < 4.78 is 26.9. The summed E-state index contributed by atoms with van der Waals surface area (Å²) in [6.07, 6.45) is 2.00. The number of hydrogen-bond acceptors (Lipinski definition) is 4. The molecule has 0 radical (unpaired) electrons. The normalized spacial score (nSPS) is 12.7. The van der Waals surface area contributed by atoms with Gasteiger partial charge in [-0.2, -0.15) is 0 Å². The topological polar surface area (TPSA) is 78.0 Å². The largest absolute Gasteiger partial charge is 0.368 e. The second kappa shape index (κ2) is 7.28. The van der Waals surface area contributed by atoms with Gasteiger partial charge in [-0.15, -0.1) is 0 Å². The van der Waals surface area contributed by atoms with Crippen molar-refractivity contribution in [2.24, 2.45) is 0 Å². The molecule has 0 aliphatic rings. The lowest BCUT2D eigenvalue weighted by molar-refractivity contribution is 0.580. The molecular formula is C22H25N3O2S. The Kier molecular flexibility index (Phi) is 5.17. The van der Waals surface area contributed by atoms with Gasteiger partial charge in [0.2, 0.25) is 16.0 Å². The van der Waals surface area contributed by atoms with Crippen LogP contribution in [0.1, 0.15) is 37.5 Å². The fourth-order valence-electron chi connectivity index (χ4n) is 3.17. The Morgan fingerprint density at radius 2 is 1.86 bits per heavy atom. The Balaban J connectivity index is 2.36. The van der Waals surface area contributed by atoms with Crippen molar-refractivity contribution in [1.82, 2.24) is 8.96 Å². The average Bonchev–Trinajstić information content (AvgIpc) is 2.94. The molecule has 0 saturated carbocycles. The Hall–Kier alpha value is -2.86. The van der Waals surface area contributed by atoms with E-state index in [9.17, 15) is 8.42 Å². The van der Waals surface area contributed by atoms with Crippen LogP contribution in [0.15, 0.2) is 60.7 Å². The zero-order valence-corrected chi connectivity index (χ0v) is 17.4. The van der Waals surface area contributed by atoms with E-state index in [1.165, 1.54) is 0 Å². The molecule has 3 rings (SSSR count). The zero-order valence-electron chi connectivity index (χ0n) is 16.6. The van der Waals surface area contributed by atoms with E-state index in [4.69, 9.17) is 5.73 Å². The maximum absolute atomic E-state index is 12.9. The third-order valence-electron chi connectivity index (χ3n) is 4.60. The molecule has 2 aromatic carbocycles. The van der Waals surface area contributed by atoms with Crippen molar-refractivity contribution in [3.8, 4) is 0 Å². The number of nitrogens with zero attached hydrogens (tertiary/aromatic N) is 2. The van der Waals surface area contributed by atoms with Crippen molar-refractivity contribution in [1.29, 1.82) is 0 Å². The first-order valence-corrected chi connectivity index (χ1v) is 10.6. The molecule has 0 fully saturated rings. The molecule has 0 amide bonds. The van der Waals surface area contributed by atoms with Crippen molar-refractivity contribution >= 4 is 32.6 Å². The van der Waals surface area contributed by atoms with E-state index < -0.39 is 15.3 Å². The van der Waals surface area contributed by atoms with Crippen LogP contribution in [0.25, 0.3) is 16.6 Å². The number of aryl methyl sites for hydroxylation is 1. The number of nitrogen functional groups attached to an aromatic ring is 1. The number of aromatic nitrogens is 2. The molecule has 0 atom stereocenters. The third-order valence-corrected chi connectivity index (χ3v) is 6.68. The quantitative estimate of drug-likeness (QED) is 0.644. The van der Waals surface area contributed by atoms with Crippen LogP contribution in [0.2, 0.25) is 0 Å². The van der Waals surface area contributed by atoms with Gasteiger partial charge in [0.1, 0.15) is 0 Å². The van der Waals surface area contributed by atoms with Gasteiger partial charge in [-0.3, -0.25) is 0 Å². The molecule has 28 heavy (non-hydrogen) atoms. The maximum atomic E-state index is 12.9. The highest BCUT2D eigenvalue weighted by atomic mass is 32.2. The first kappa shape index (κ1) is 19.9. The summed E-state index contributed by atoms with van der Waals surface area (Å²) in [5, 5.41) is -0.614. The second-order valence-electron chi connectivity index (χ2n) is 7.25. The number of anilines is 1. The molecule has 6 heteroatoms. The van der Waals surface area contributed by atoms with Crippen molar-refractivity contribution in [3.05, 3.63) is 77.4 Å². The average molecular weight is 396 g/mol. The lowest BCUT2D eigenvalue weighted by Crippen LogP contribution is -2.23. The molecule has 0 bridgehead atoms. The minimum absolute atomic E-state index is 0.0228. The van der Waals surface area contributed by atoms with Crippen LogP contribution >= 0.6 is 0 Å². The van der Waals surface area contributed by atoms with Gasteiger partial charge in [-0.25, -0.2) is 17.4 Å². The van der Waals surface area contributed by atoms with Crippen LogP contribution in [0.3, 0.4) is 0 Å². The summed E-state index contributed by atoms with van der Waals surface area (Å²) >= 11 is 0. The van der Waals surface area contributed by atoms with Gasteiger partial charge in [-0.1, -0.05) is 48.6 Å². The highest BCUT2D eigenvalue weighted by Gasteiger charge is 2.25. The molecule has 146 valence electrons. The molecule has 1 heterocycles. The van der Waals surface area contributed by atoms with Crippen molar-refractivity contribution < 1.29 is 8.42 Å². The van der Waals surface area contributed by atoms with E-state index in [0.717, 1.165) is 31.8 Å². The van der Waals surface area contributed by atoms with Gasteiger partial charge in [0.05, 0.1) is 16.3 Å². The molecule has 5 nitrogen and oxygen atoms in total. The smallest absolute Gasteiger partial charge is 0.244 e. The predicted octanol–water partition coefficient (Wildman–Crippen LogP) is 4.52. The fraction of sp³-hybridized carbons (Fsp3) is 0.227. The van der Waals surface area contributed by atoms with Crippen LogP contribution in [0.4, 0.5) is 5.95 Å². The number of allylic oxidation sites excluding steroid dienone is 2. The fourth-order valence-corrected chi connectivity index (χ4v) is 4.32. The maximum Gasteiger partial charge on any atom is 0.244 e. The number of benzene rings is 2. The highest BCUT2D eigenvalue weighted by Crippen LogP contribution is 2.32. The van der Waals surface area contributed by atoms with E-state index in [2.05, 4.69) is 11.6 Å². The second-order valence-corrected chi connectivity index (χ2v) is 9.59. The van der Waals surface area contributed by atoms with E-state index >= 15 is 0 Å². The first-order valence-electron chi connectivity index (χ1n) is 9.09. The molecule has 0 aliphatic heterocycles. The Morgan fingerprint density at radius 1 is 1.21 bits per heavy atom. The summed E-state index contributed by atoms with van der Waals surface area (Å²) in [5.74, 6) is -0.0228. The van der Waals surface area contributed by atoms with Crippen LogP contribution in [0.5, 0.6) is 0 Å². The third kappa shape index (κ3) is 3.47. The minimum Gasteiger partial charge on any atom is -0.368 e. The van der Waals surface area contributed by atoms with Gasteiger partial charge in [0.25, 0.3) is 0 Å². The number of rotatable bonds is 5. The summed E-state index contributed by atoms with van der Waals surface area (Å²) in [7, 11) is -3.64. The van der Waals surface area contributed by atoms with Gasteiger partial charge >= 0.3 is 0 Å². The van der Waals surface area contributed by atoms with Crippen LogP contribution < -0.4 is 5.73 Å². The molecule has 1 aromatic heterocycles. The lowest BCUT2D eigenvalue weighted by Gasteiger charge is -2.15. The number of hydrogen-bond donors (Lipinski definition) is 1. The van der Waals surface area contributed by atoms with Crippen molar-refractivity contribution in [2.45, 2.75) is 32.9 Å². The minimum atomic E-state index is -3.64. The molecule has 0 unspecified atom stereocenters. The Morgan fingerprint density at radius 3 is 2.43 bits per heavy atom. The monoisotopic (exact) mass is 395 g/mol. The summed E-state index contributed by atoms with van der Waals surface area (Å²) in [6.45, 7) is 11.2. The molecule has 3 aromatic rings. The van der Waals surface area contributed by atoms with Crippen molar-refractivity contribution in [2.75, 3.05) is 5.73 Å². The molecular weight excluding hydrogens is 370 g/mol. The van der Waals surface area contributed by atoms with Crippen LogP contribution in [0, 0.1) is 6.92 Å². The highest BCUT2D eigenvalue weighted by molar-refractivity contribution is 7.90. The van der Waals surface area contributed by atoms with Crippen LogP contribution in [-0.4, -0.2) is 22.6 Å². The van der Waals surface area contributed by atoms with E-state index in [1.54, 1.807) is 13.8 Å². The van der Waals surface area contributed by atoms with E-state index in [0.29, 0.717) is 11.0 Å². The number of imidazole rings is 1. The van der Waals surface area contributed by atoms with Gasteiger partial charge < -0.3 is 5.73 Å². The Bertz CT molecular complexity index is 1190. The molecule has 0 spiro atoms. The van der Waals surface area contributed by atoms with E-state index in [1.807, 2.05) is 62.4 Å². The van der Waals surface area contributed by atoms with Gasteiger partial charge in [0.15, 0.2) is 0 Å². The Labute approximate surface area is 166 Å². The number of fused-ring (bicyclic) bond motifs is 1.